The van der Waals surface area contributed by atoms with Crippen LogP contribution in [0.3, 0.4) is 0 Å². The number of carbonyl (C=O) groups excluding carboxylic acids is 1. The molecule has 4 rings (SSSR count). The molecule has 1 aliphatic heterocycles. The van der Waals surface area contributed by atoms with Crippen molar-refractivity contribution < 1.29 is 23.0 Å². The lowest BCUT2D eigenvalue weighted by atomic mass is 9.76. The van der Waals surface area contributed by atoms with Gasteiger partial charge in [-0.2, -0.15) is 4.98 Å². The molecule has 9 heteroatoms. The van der Waals surface area contributed by atoms with E-state index in [0.717, 1.165) is 12.8 Å². The van der Waals surface area contributed by atoms with Crippen LogP contribution in [0.15, 0.2) is 16.7 Å². The molecule has 1 aliphatic carbocycles. The van der Waals surface area contributed by atoms with Crippen molar-refractivity contribution in [1.82, 2.24) is 15.5 Å². The molecule has 1 aromatic heterocycles. The molecule has 1 amide bonds. The third-order valence-electron chi connectivity index (χ3n) is 6.94. The zero-order valence-corrected chi connectivity index (χ0v) is 19.1. The summed E-state index contributed by atoms with van der Waals surface area (Å²) in [6.45, 7) is 13.2. The van der Waals surface area contributed by atoms with E-state index in [1.807, 2.05) is 34.6 Å². The number of rotatable bonds is 5. The van der Waals surface area contributed by atoms with Crippen molar-refractivity contribution in [2.45, 2.75) is 84.0 Å². The normalized spacial score (nSPS) is 21.7. The standard InChI is InChI=1S/C22H29BFN3O4/c1-12-14(8-9-15(16(12)24)23-30-20(3,4)21(5,6)31-23)13(2)25-17(28)18-26-19(27-29-18)22(7)10-11-22/h8-9,13H,10-11H2,1-7H3,(H,25,28)/t13-/m1/s1. The zero-order valence-electron chi connectivity index (χ0n) is 19.1. The van der Waals surface area contributed by atoms with Gasteiger partial charge in [0.1, 0.15) is 5.82 Å². The Morgan fingerprint density at radius 3 is 2.35 bits per heavy atom. The molecule has 1 atom stereocenters. The summed E-state index contributed by atoms with van der Waals surface area (Å²) < 4.78 is 32.4. The third kappa shape index (κ3) is 3.78. The number of nitrogens with one attached hydrogen (secondary N) is 1. The van der Waals surface area contributed by atoms with Gasteiger partial charge >= 0.3 is 18.9 Å². The summed E-state index contributed by atoms with van der Waals surface area (Å²) in [5, 5.41) is 6.74. The van der Waals surface area contributed by atoms with Gasteiger partial charge in [-0.15, -0.1) is 0 Å². The number of carbonyl (C=O) groups is 1. The van der Waals surface area contributed by atoms with Crippen LogP contribution in [0.5, 0.6) is 0 Å². The molecule has 1 N–H and O–H groups in total. The SMILES string of the molecule is Cc1c([C@@H](C)NC(=O)c2nc(C3(C)CC3)no2)ccc(B2OC(C)(C)C(C)(C)O2)c1F. The van der Waals surface area contributed by atoms with Gasteiger partial charge in [0.25, 0.3) is 0 Å². The molecule has 2 heterocycles. The Kier molecular flexibility index (Phi) is 5.05. The first-order valence-corrected chi connectivity index (χ1v) is 10.6. The summed E-state index contributed by atoms with van der Waals surface area (Å²) >= 11 is 0. The van der Waals surface area contributed by atoms with Crippen molar-refractivity contribution in [3.05, 3.63) is 40.8 Å². The molecule has 0 bridgehead atoms. The maximum Gasteiger partial charge on any atom is 0.497 e. The number of aromatic nitrogens is 2. The van der Waals surface area contributed by atoms with E-state index in [-0.39, 0.29) is 11.3 Å². The predicted octanol–water partition coefficient (Wildman–Crippen LogP) is 3.36. The average Bonchev–Trinajstić information content (AvgIpc) is 3.13. The Labute approximate surface area is 182 Å². The van der Waals surface area contributed by atoms with Crippen LogP contribution in [0.1, 0.15) is 88.1 Å². The first-order chi connectivity index (χ1) is 14.3. The van der Waals surface area contributed by atoms with Gasteiger partial charge in [0.05, 0.1) is 17.2 Å². The van der Waals surface area contributed by atoms with Crippen molar-refractivity contribution in [2.75, 3.05) is 0 Å². The molecule has 2 aromatic rings. The summed E-state index contributed by atoms with van der Waals surface area (Å²) in [6.07, 6.45) is 1.97. The lowest BCUT2D eigenvalue weighted by Gasteiger charge is -2.32. The Bertz CT molecular complexity index is 1020. The van der Waals surface area contributed by atoms with Crippen LogP contribution < -0.4 is 10.8 Å². The molecular formula is C22H29BFN3O4. The number of hydrogen-bond acceptors (Lipinski definition) is 6. The summed E-state index contributed by atoms with van der Waals surface area (Å²) in [6, 6.07) is 2.98. The second-order valence-electron chi connectivity index (χ2n) is 9.95. The zero-order chi connectivity index (χ0) is 22.8. The number of halogens is 1. The highest BCUT2D eigenvalue weighted by Crippen LogP contribution is 2.46. The maximum atomic E-state index is 15.3. The molecule has 0 spiro atoms. The number of amides is 1. The molecule has 7 nitrogen and oxygen atoms in total. The fourth-order valence-electron chi connectivity index (χ4n) is 3.65. The molecule has 1 saturated heterocycles. The predicted molar refractivity (Wildman–Crippen MR) is 114 cm³/mol. The van der Waals surface area contributed by atoms with Gasteiger partial charge in [0.2, 0.25) is 0 Å². The fraction of sp³-hybridized carbons (Fsp3) is 0.591. The van der Waals surface area contributed by atoms with Gasteiger partial charge in [0.15, 0.2) is 5.82 Å². The lowest BCUT2D eigenvalue weighted by molar-refractivity contribution is 0.00578. The van der Waals surface area contributed by atoms with Crippen molar-refractivity contribution in [1.29, 1.82) is 0 Å². The van der Waals surface area contributed by atoms with E-state index in [9.17, 15) is 4.79 Å². The van der Waals surface area contributed by atoms with E-state index in [0.29, 0.717) is 22.4 Å². The molecule has 166 valence electrons. The largest absolute Gasteiger partial charge is 0.497 e. The van der Waals surface area contributed by atoms with Crippen molar-refractivity contribution >= 4 is 18.5 Å². The van der Waals surface area contributed by atoms with Gasteiger partial charge in [-0.1, -0.05) is 24.2 Å². The molecule has 1 saturated carbocycles. The average molecular weight is 429 g/mol. The van der Waals surface area contributed by atoms with Gasteiger partial charge in [-0.3, -0.25) is 4.79 Å². The molecule has 2 fully saturated rings. The van der Waals surface area contributed by atoms with Gasteiger partial charge in [0, 0.05) is 10.9 Å². The van der Waals surface area contributed by atoms with Crippen LogP contribution in [0, 0.1) is 12.7 Å². The summed E-state index contributed by atoms with van der Waals surface area (Å²) in [5.41, 5.74) is 0.224. The highest BCUT2D eigenvalue weighted by Gasteiger charge is 2.52. The van der Waals surface area contributed by atoms with E-state index in [1.165, 1.54) is 0 Å². The Morgan fingerprint density at radius 1 is 1.16 bits per heavy atom. The maximum absolute atomic E-state index is 15.3. The van der Waals surface area contributed by atoms with E-state index in [4.69, 9.17) is 13.8 Å². The van der Waals surface area contributed by atoms with E-state index in [2.05, 4.69) is 15.5 Å². The van der Waals surface area contributed by atoms with Crippen LogP contribution in [0.25, 0.3) is 0 Å². The Morgan fingerprint density at radius 2 is 1.77 bits per heavy atom. The minimum Gasteiger partial charge on any atom is -0.399 e. The van der Waals surface area contributed by atoms with Crippen molar-refractivity contribution in [2.24, 2.45) is 0 Å². The van der Waals surface area contributed by atoms with Crippen molar-refractivity contribution in [3.63, 3.8) is 0 Å². The first-order valence-electron chi connectivity index (χ1n) is 10.6. The minimum atomic E-state index is -0.789. The topological polar surface area (TPSA) is 86.5 Å². The summed E-state index contributed by atoms with van der Waals surface area (Å²) in [5.74, 6) is -0.412. The van der Waals surface area contributed by atoms with Crippen LogP contribution in [0.4, 0.5) is 4.39 Å². The van der Waals surface area contributed by atoms with E-state index >= 15 is 4.39 Å². The van der Waals surface area contributed by atoms with Gasteiger partial charge < -0.3 is 19.1 Å². The fourth-order valence-corrected chi connectivity index (χ4v) is 3.65. The third-order valence-corrected chi connectivity index (χ3v) is 6.94. The van der Waals surface area contributed by atoms with Crippen LogP contribution in [-0.2, 0) is 14.7 Å². The second-order valence-corrected chi connectivity index (χ2v) is 9.95. The van der Waals surface area contributed by atoms with E-state index < -0.39 is 36.1 Å². The number of hydrogen-bond donors (Lipinski definition) is 1. The Balaban J connectivity index is 1.50. The van der Waals surface area contributed by atoms with Gasteiger partial charge in [-0.05, 0) is 65.5 Å². The lowest BCUT2D eigenvalue weighted by Crippen LogP contribution is -2.41. The molecule has 0 unspecified atom stereocenters. The Hall–Kier alpha value is -2.26. The smallest absolute Gasteiger partial charge is 0.399 e. The number of benzene rings is 1. The number of nitrogens with zero attached hydrogens (tertiary/aromatic N) is 2. The van der Waals surface area contributed by atoms with Crippen LogP contribution in [0.2, 0.25) is 0 Å². The summed E-state index contributed by atoms with van der Waals surface area (Å²) in [7, 11) is -0.789. The van der Waals surface area contributed by atoms with E-state index in [1.54, 1.807) is 26.0 Å². The molecule has 31 heavy (non-hydrogen) atoms. The van der Waals surface area contributed by atoms with Crippen LogP contribution >= 0.6 is 0 Å². The minimum absolute atomic E-state index is 0.0815. The first kappa shape index (κ1) is 22.0. The molecular weight excluding hydrogens is 400 g/mol. The second kappa shape index (κ2) is 7.13. The molecule has 1 aromatic carbocycles. The summed E-state index contributed by atoms with van der Waals surface area (Å²) in [4.78, 5) is 16.8. The highest BCUT2D eigenvalue weighted by atomic mass is 19.1. The molecule has 2 aliphatic rings. The monoisotopic (exact) mass is 429 g/mol. The molecule has 0 radical (unpaired) electrons. The van der Waals surface area contributed by atoms with Crippen LogP contribution in [-0.4, -0.2) is 34.4 Å². The quantitative estimate of drug-likeness (QED) is 0.734. The van der Waals surface area contributed by atoms with Gasteiger partial charge in [-0.25, -0.2) is 4.39 Å². The van der Waals surface area contributed by atoms with Crippen molar-refractivity contribution in [3.8, 4) is 0 Å². The highest BCUT2D eigenvalue weighted by molar-refractivity contribution is 6.62.